The summed E-state index contributed by atoms with van der Waals surface area (Å²) in [6.45, 7) is 0.700. The minimum atomic E-state index is -0.336. The van der Waals surface area contributed by atoms with Crippen LogP contribution >= 0.6 is 0 Å². The molecule has 1 fully saturated rings. The molecule has 0 spiro atoms. The maximum absolute atomic E-state index is 13.4. The number of amides is 1. The van der Waals surface area contributed by atoms with Crippen molar-refractivity contribution in [2.24, 2.45) is 7.05 Å². The van der Waals surface area contributed by atoms with E-state index in [1.807, 2.05) is 24.3 Å². The van der Waals surface area contributed by atoms with E-state index in [4.69, 9.17) is 0 Å². The molecule has 2 aromatic heterocycles. The molecule has 1 atom stereocenters. The molecule has 1 saturated heterocycles. The quantitative estimate of drug-likeness (QED) is 0.737. The number of halogens is 1. The molecule has 7 heteroatoms. The van der Waals surface area contributed by atoms with Gasteiger partial charge in [-0.3, -0.25) is 9.48 Å². The van der Waals surface area contributed by atoms with E-state index in [1.54, 1.807) is 29.1 Å². The molecule has 6 nitrogen and oxygen atoms in total. The summed E-state index contributed by atoms with van der Waals surface area (Å²) in [4.78, 5) is 14.7. The summed E-state index contributed by atoms with van der Waals surface area (Å²) in [5.41, 5.74) is 1.99. The van der Waals surface area contributed by atoms with Crippen LogP contribution < -0.4 is 0 Å². The SMILES string of the molecule is Cn1cc(C2CCCN2C(=O)c2ccn(-c3cccc(F)c3)n2)cn1. The van der Waals surface area contributed by atoms with Crippen molar-refractivity contribution in [3.8, 4) is 5.69 Å². The van der Waals surface area contributed by atoms with E-state index in [-0.39, 0.29) is 17.8 Å². The van der Waals surface area contributed by atoms with Gasteiger partial charge in [-0.2, -0.15) is 10.2 Å². The van der Waals surface area contributed by atoms with Crippen LogP contribution in [-0.2, 0) is 7.05 Å². The van der Waals surface area contributed by atoms with Gasteiger partial charge < -0.3 is 4.90 Å². The van der Waals surface area contributed by atoms with E-state index in [0.29, 0.717) is 17.9 Å². The average Bonchev–Trinajstić information content (AvgIpc) is 3.34. The lowest BCUT2D eigenvalue weighted by atomic mass is 10.1. The molecule has 3 aromatic rings. The molecule has 25 heavy (non-hydrogen) atoms. The van der Waals surface area contributed by atoms with Gasteiger partial charge in [0.25, 0.3) is 5.91 Å². The van der Waals surface area contributed by atoms with E-state index >= 15 is 0 Å². The summed E-state index contributed by atoms with van der Waals surface area (Å²) >= 11 is 0. The Morgan fingerprint density at radius 1 is 1.32 bits per heavy atom. The van der Waals surface area contributed by atoms with Gasteiger partial charge in [0.1, 0.15) is 5.82 Å². The van der Waals surface area contributed by atoms with Crippen molar-refractivity contribution >= 4 is 5.91 Å². The average molecular weight is 339 g/mol. The van der Waals surface area contributed by atoms with Crippen LogP contribution in [0.4, 0.5) is 4.39 Å². The van der Waals surface area contributed by atoms with Gasteiger partial charge >= 0.3 is 0 Å². The molecule has 4 rings (SSSR count). The summed E-state index contributed by atoms with van der Waals surface area (Å²) in [5.74, 6) is -0.446. The van der Waals surface area contributed by atoms with Crippen LogP contribution in [0.5, 0.6) is 0 Å². The Morgan fingerprint density at radius 2 is 2.20 bits per heavy atom. The molecular formula is C18H18FN5O. The number of rotatable bonds is 3. The first-order valence-corrected chi connectivity index (χ1v) is 8.23. The number of nitrogens with zero attached hydrogens (tertiary/aromatic N) is 5. The first-order valence-electron chi connectivity index (χ1n) is 8.23. The Kier molecular flexibility index (Phi) is 3.83. The van der Waals surface area contributed by atoms with Crippen molar-refractivity contribution in [2.75, 3.05) is 6.54 Å². The van der Waals surface area contributed by atoms with Gasteiger partial charge in [0, 0.05) is 31.5 Å². The number of carbonyl (C=O) groups is 1. The summed E-state index contributed by atoms with van der Waals surface area (Å²) in [6.07, 6.45) is 7.30. The van der Waals surface area contributed by atoms with Crippen LogP contribution in [0.25, 0.3) is 5.69 Å². The van der Waals surface area contributed by atoms with Crippen LogP contribution in [-0.4, -0.2) is 36.9 Å². The Morgan fingerprint density at radius 3 is 2.96 bits per heavy atom. The molecule has 0 bridgehead atoms. The summed E-state index contributed by atoms with van der Waals surface area (Å²) in [5, 5.41) is 8.54. The Labute approximate surface area is 144 Å². The molecule has 3 heterocycles. The smallest absolute Gasteiger partial charge is 0.274 e. The lowest BCUT2D eigenvalue weighted by molar-refractivity contribution is 0.0729. The Balaban J connectivity index is 1.58. The zero-order valence-corrected chi connectivity index (χ0v) is 13.8. The molecule has 1 unspecified atom stereocenters. The zero-order chi connectivity index (χ0) is 17.4. The highest BCUT2D eigenvalue weighted by Gasteiger charge is 2.32. The maximum Gasteiger partial charge on any atom is 0.274 e. The molecule has 1 aliphatic heterocycles. The second-order valence-corrected chi connectivity index (χ2v) is 6.23. The molecule has 1 aromatic carbocycles. The predicted molar refractivity (Wildman–Crippen MR) is 89.7 cm³/mol. The first-order chi connectivity index (χ1) is 12.1. The van der Waals surface area contributed by atoms with Gasteiger partial charge in [0.2, 0.25) is 0 Å². The molecule has 0 N–H and O–H groups in total. The monoisotopic (exact) mass is 339 g/mol. The van der Waals surface area contributed by atoms with E-state index in [0.717, 1.165) is 18.4 Å². The second-order valence-electron chi connectivity index (χ2n) is 6.23. The largest absolute Gasteiger partial charge is 0.330 e. The number of carbonyl (C=O) groups excluding carboxylic acids is 1. The van der Waals surface area contributed by atoms with E-state index in [1.165, 1.54) is 16.8 Å². The third-order valence-electron chi connectivity index (χ3n) is 4.50. The van der Waals surface area contributed by atoms with Gasteiger partial charge in [-0.05, 0) is 37.1 Å². The highest BCUT2D eigenvalue weighted by atomic mass is 19.1. The number of aryl methyl sites for hydroxylation is 1. The van der Waals surface area contributed by atoms with Crippen LogP contribution in [0.1, 0.15) is 34.9 Å². The molecule has 1 amide bonds. The topological polar surface area (TPSA) is 56.0 Å². The second kappa shape index (κ2) is 6.16. The maximum atomic E-state index is 13.4. The number of likely N-dealkylation sites (tertiary alicyclic amines) is 1. The summed E-state index contributed by atoms with van der Waals surface area (Å²) < 4.78 is 16.6. The highest BCUT2D eigenvalue weighted by Crippen LogP contribution is 2.32. The lowest BCUT2D eigenvalue weighted by Crippen LogP contribution is -2.30. The third kappa shape index (κ3) is 2.93. The highest BCUT2D eigenvalue weighted by molar-refractivity contribution is 5.92. The molecular weight excluding hydrogens is 321 g/mol. The molecule has 0 saturated carbocycles. The predicted octanol–water partition coefficient (Wildman–Crippen LogP) is 2.72. The molecule has 0 aliphatic carbocycles. The van der Waals surface area contributed by atoms with Gasteiger partial charge in [-0.1, -0.05) is 6.07 Å². The minimum absolute atomic E-state index is 0.0283. The first kappa shape index (κ1) is 15.6. The fourth-order valence-electron chi connectivity index (χ4n) is 3.32. The van der Waals surface area contributed by atoms with Gasteiger partial charge in [0.05, 0.1) is 17.9 Å². The van der Waals surface area contributed by atoms with Crippen molar-refractivity contribution in [3.63, 3.8) is 0 Å². The van der Waals surface area contributed by atoms with Crippen molar-refractivity contribution in [1.82, 2.24) is 24.5 Å². The van der Waals surface area contributed by atoms with Crippen molar-refractivity contribution in [1.29, 1.82) is 0 Å². The Bertz CT molecular complexity index is 916. The van der Waals surface area contributed by atoms with Crippen molar-refractivity contribution in [3.05, 3.63) is 66.0 Å². The van der Waals surface area contributed by atoms with E-state index in [2.05, 4.69) is 10.2 Å². The normalized spacial score (nSPS) is 17.2. The molecule has 0 radical (unpaired) electrons. The fourth-order valence-corrected chi connectivity index (χ4v) is 3.32. The summed E-state index contributed by atoms with van der Waals surface area (Å²) in [7, 11) is 1.87. The number of aromatic nitrogens is 4. The van der Waals surface area contributed by atoms with E-state index in [9.17, 15) is 9.18 Å². The van der Waals surface area contributed by atoms with Crippen LogP contribution in [0.3, 0.4) is 0 Å². The van der Waals surface area contributed by atoms with Gasteiger partial charge in [0.15, 0.2) is 5.69 Å². The van der Waals surface area contributed by atoms with Crippen molar-refractivity contribution < 1.29 is 9.18 Å². The van der Waals surface area contributed by atoms with Gasteiger partial charge in [-0.15, -0.1) is 0 Å². The van der Waals surface area contributed by atoms with Crippen LogP contribution in [0, 0.1) is 5.82 Å². The third-order valence-corrected chi connectivity index (χ3v) is 4.50. The lowest BCUT2D eigenvalue weighted by Gasteiger charge is -2.22. The molecule has 1 aliphatic rings. The van der Waals surface area contributed by atoms with Crippen LogP contribution in [0.2, 0.25) is 0 Å². The van der Waals surface area contributed by atoms with Gasteiger partial charge in [-0.25, -0.2) is 9.07 Å². The van der Waals surface area contributed by atoms with Crippen LogP contribution in [0.15, 0.2) is 48.9 Å². The minimum Gasteiger partial charge on any atom is -0.330 e. The number of hydrogen-bond acceptors (Lipinski definition) is 3. The fraction of sp³-hybridized carbons (Fsp3) is 0.278. The summed E-state index contributed by atoms with van der Waals surface area (Å²) in [6, 6.07) is 7.83. The zero-order valence-electron chi connectivity index (χ0n) is 13.8. The number of hydrogen-bond donors (Lipinski definition) is 0. The number of benzene rings is 1. The Hall–Kier alpha value is -2.96. The standard InChI is InChI=1S/C18H18FN5O/c1-22-12-13(11-20-22)17-6-3-8-23(17)18(25)16-7-9-24(21-16)15-5-2-4-14(19)10-15/h2,4-5,7,9-12,17H,3,6,8H2,1H3. The van der Waals surface area contributed by atoms with E-state index < -0.39 is 0 Å². The molecule has 128 valence electrons. The van der Waals surface area contributed by atoms with Crippen molar-refractivity contribution in [2.45, 2.75) is 18.9 Å².